The van der Waals surface area contributed by atoms with E-state index in [0.29, 0.717) is 0 Å². The number of carboxylic acids is 1. The minimum absolute atomic E-state index is 0.150. The first-order valence-electron chi connectivity index (χ1n) is 4.18. The third kappa shape index (κ3) is 2.31. The Morgan fingerprint density at radius 2 is 2.00 bits per heavy atom. The summed E-state index contributed by atoms with van der Waals surface area (Å²) in [5, 5.41) is 17.7. The minimum atomic E-state index is -1.69. The monoisotopic (exact) mass is 212 g/mol. The molecule has 0 fully saturated rings. The van der Waals surface area contributed by atoms with Crippen molar-refractivity contribution in [3.63, 3.8) is 0 Å². The van der Waals surface area contributed by atoms with E-state index in [1.165, 1.54) is 13.0 Å². The molecule has 0 saturated heterocycles. The Kier molecular flexibility index (Phi) is 3.04. The molecule has 4 nitrogen and oxygen atoms in total. The normalized spacial score (nSPS) is 12.1. The molecular formula is C10H9FO4. The number of rotatable bonds is 3. The molecule has 0 heterocycles. The molecule has 1 aromatic rings. The fourth-order valence-electron chi connectivity index (χ4n) is 1.10. The smallest absolute Gasteiger partial charge is 0.377 e. The van der Waals surface area contributed by atoms with Crippen LogP contribution in [0.4, 0.5) is 4.39 Å². The Labute approximate surface area is 85.0 Å². The van der Waals surface area contributed by atoms with Gasteiger partial charge in [0.2, 0.25) is 0 Å². The van der Waals surface area contributed by atoms with Gasteiger partial charge in [0.05, 0.1) is 5.56 Å². The van der Waals surface area contributed by atoms with E-state index in [1.54, 1.807) is 0 Å². The molecule has 0 radical (unpaired) electrons. The second-order valence-corrected chi connectivity index (χ2v) is 3.03. The number of aromatic hydroxyl groups is 1. The molecule has 1 rings (SSSR count). The van der Waals surface area contributed by atoms with Gasteiger partial charge in [0, 0.05) is 0 Å². The number of phenolic OH excluding ortho intramolecular Hbond substituents is 1. The number of carboxylic acid groups (broad SMARTS) is 1. The molecule has 5 heteroatoms. The van der Waals surface area contributed by atoms with Gasteiger partial charge in [-0.15, -0.1) is 0 Å². The van der Waals surface area contributed by atoms with Crippen LogP contribution < -0.4 is 0 Å². The molecule has 80 valence electrons. The van der Waals surface area contributed by atoms with Crippen molar-refractivity contribution in [2.45, 2.75) is 13.1 Å². The van der Waals surface area contributed by atoms with E-state index in [1.807, 2.05) is 0 Å². The third-order valence-corrected chi connectivity index (χ3v) is 1.92. The van der Waals surface area contributed by atoms with Crippen molar-refractivity contribution in [1.29, 1.82) is 0 Å². The predicted molar refractivity (Wildman–Crippen MR) is 49.6 cm³/mol. The van der Waals surface area contributed by atoms with Crippen LogP contribution >= 0.6 is 0 Å². The summed E-state index contributed by atoms with van der Waals surface area (Å²) in [7, 11) is 0. The average Bonchev–Trinajstić information content (AvgIpc) is 2.16. The molecule has 2 N–H and O–H groups in total. The lowest BCUT2D eigenvalue weighted by molar-refractivity contribution is -0.131. The van der Waals surface area contributed by atoms with Crippen molar-refractivity contribution in [3.8, 4) is 5.75 Å². The highest BCUT2D eigenvalue weighted by Crippen LogP contribution is 2.24. The largest absolute Gasteiger partial charge is 0.507 e. The fourth-order valence-corrected chi connectivity index (χ4v) is 1.10. The number of hydrogen-bond donors (Lipinski definition) is 2. The van der Waals surface area contributed by atoms with Gasteiger partial charge in [-0.05, 0) is 24.6 Å². The molecule has 0 aliphatic heterocycles. The summed E-state index contributed by atoms with van der Waals surface area (Å²) in [5.74, 6) is -3.41. The Balaban J connectivity index is 3.22. The maximum atomic E-state index is 12.9. The summed E-state index contributed by atoms with van der Waals surface area (Å²) in [4.78, 5) is 21.4. The summed E-state index contributed by atoms with van der Waals surface area (Å²) in [5.41, 5.74) is -0.248. The van der Waals surface area contributed by atoms with Crippen LogP contribution in [0.3, 0.4) is 0 Å². The molecule has 15 heavy (non-hydrogen) atoms. The summed E-state index contributed by atoms with van der Waals surface area (Å²) in [6, 6.07) is 3.43. The first-order valence-corrected chi connectivity index (χ1v) is 4.18. The molecule has 1 unspecified atom stereocenters. The fraction of sp³-hybridized carbons (Fsp3) is 0.200. The van der Waals surface area contributed by atoms with E-state index in [4.69, 9.17) is 5.11 Å². The van der Waals surface area contributed by atoms with Gasteiger partial charge in [-0.2, -0.15) is 0 Å². The van der Waals surface area contributed by atoms with Crippen LogP contribution in [0.15, 0.2) is 18.2 Å². The highest BCUT2D eigenvalue weighted by Gasteiger charge is 2.19. The number of alkyl halides is 1. The van der Waals surface area contributed by atoms with E-state index in [2.05, 4.69) is 0 Å². The number of ketones is 1. The van der Waals surface area contributed by atoms with Crippen molar-refractivity contribution < 1.29 is 24.2 Å². The zero-order valence-electron chi connectivity index (χ0n) is 7.90. The Morgan fingerprint density at radius 3 is 2.47 bits per heavy atom. The second kappa shape index (κ2) is 4.08. The Bertz CT molecular complexity index is 412. The third-order valence-electron chi connectivity index (χ3n) is 1.92. The quantitative estimate of drug-likeness (QED) is 0.590. The molecule has 0 spiro atoms. The van der Waals surface area contributed by atoms with Crippen LogP contribution in [-0.4, -0.2) is 22.0 Å². The summed E-state index contributed by atoms with van der Waals surface area (Å²) >= 11 is 0. The number of Topliss-reactive ketones (excluding diaryl/α,β-unsaturated/α-hetero) is 1. The van der Waals surface area contributed by atoms with Crippen LogP contribution in [-0.2, 0) is 4.79 Å². The standard InChI is InChI=1S/C10H9FO4/c1-5(11)6-2-3-8(12)7(4-6)9(13)10(14)15/h2-5,12H,1H3,(H,14,15). The summed E-state index contributed by atoms with van der Waals surface area (Å²) < 4.78 is 12.9. The van der Waals surface area contributed by atoms with Gasteiger partial charge >= 0.3 is 5.97 Å². The van der Waals surface area contributed by atoms with E-state index >= 15 is 0 Å². The number of carbonyl (C=O) groups is 2. The zero-order chi connectivity index (χ0) is 11.6. The number of halogens is 1. The van der Waals surface area contributed by atoms with Crippen molar-refractivity contribution in [2.24, 2.45) is 0 Å². The van der Waals surface area contributed by atoms with E-state index in [-0.39, 0.29) is 5.56 Å². The first kappa shape index (κ1) is 11.2. The molecule has 0 aliphatic rings. The summed E-state index contributed by atoms with van der Waals surface area (Å²) in [6.07, 6.45) is -1.33. The predicted octanol–water partition coefficient (Wildman–Crippen LogP) is 1.69. The zero-order valence-corrected chi connectivity index (χ0v) is 7.90. The lowest BCUT2D eigenvalue weighted by atomic mass is 10.0. The topological polar surface area (TPSA) is 74.6 Å². The Hall–Kier alpha value is -1.91. The highest BCUT2D eigenvalue weighted by molar-refractivity contribution is 6.40. The first-order chi connectivity index (χ1) is 6.93. The van der Waals surface area contributed by atoms with Crippen molar-refractivity contribution in [3.05, 3.63) is 29.3 Å². The molecule has 0 saturated carbocycles. The van der Waals surface area contributed by atoms with Crippen molar-refractivity contribution in [2.75, 3.05) is 0 Å². The number of aliphatic carboxylic acids is 1. The van der Waals surface area contributed by atoms with Crippen LogP contribution in [0.25, 0.3) is 0 Å². The second-order valence-electron chi connectivity index (χ2n) is 3.03. The number of phenols is 1. The molecular weight excluding hydrogens is 203 g/mol. The van der Waals surface area contributed by atoms with Crippen molar-refractivity contribution >= 4 is 11.8 Å². The number of benzene rings is 1. The van der Waals surface area contributed by atoms with Crippen LogP contribution in [0.5, 0.6) is 5.75 Å². The SMILES string of the molecule is CC(F)c1ccc(O)c(C(=O)C(=O)O)c1. The van der Waals surface area contributed by atoms with Crippen LogP contribution in [0.1, 0.15) is 29.0 Å². The molecule has 1 atom stereocenters. The molecule has 1 aromatic carbocycles. The van der Waals surface area contributed by atoms with Gasteiger partial charge < -0.3 is 10.2 Å². The minimum Gasteiger partial charge on any atom is -0.507 e. The van der Waals surface area contributed by atoms with Gasteiger partial charge in [-0.25, -0.2) is 9.18 Å². The molecule has 0 aliphatic carbocycles. The molecule has 0 bridgehead atoms. The van der Waals surface area contributed by atoms with E-state index in [0.717, 1.165) is 12.1 Å². The van der Waals surface area contributed by atoms with Crippen LogP contribution in [0, 0.1) is 0 Å². The number of carbonyl (C=O) groups excluding carboxylic acids is 1. The molecule has 0 aromatic heterocycles. The maximum Gasteiger partial charge on any atom is 0.377 e. The number of hydrogen-bond acceptors (Lipinski definition) is 3. The van der Waals surface area contributed by atoms with Gasteiger partial charge in [0.25, 0.3) is 5.78 Å². The average molecular weight is 212 g/mol. The Morgan fingerprint density at radius 1 is 1.40 bits per heavy atom. The summed E-state index contributed by atoms with van der Waals surface area (Å²) in [6.45, 7) is 1.25. The molecule has 0 amide bonds. The lowest BCUT2D eigenvalue weighted by Gasteiger charge is -2.05. The highest BCUT2D eigenvalue weighted by atomic mass is 19.1. The van der Waals surface area contributed by atoms with E-state index in [9.17, 15) is 19.1 Å². The van der Waals surface area contributed by atoms with Gasteiger partial charge in [-0.3, -0.25) is 4.79 Å². The maximum absolute atomic E-state index is 12.9. The lowest BCUT2D eigenvalue weighted by Crippen LogP contribution is -2.13. The van der Waals surface area contributed by atoms with Gasteiger partial charge in [-0.1, -0.05) is 6.07 Å². The van der Waals surface area contributed by atoms with Crippen LogP contribution in [0.2, 0.25) is 0 Å². The van der Waals surface area contributed by atoms with Gasteiger partial charge in [0.15, 0.2) is 0 Å². The van der Waals surface area contributed by atoms with E-state index < -0.39 is 29.2 Å². The van der Waals surface area contributed by atoms with Gasteiger partial charge in [0.1, 0.15) is 11.9 Å². The van der Waals surface area contributed by atoms with Crippen molar-refractivity contribution in [1.82, 2.24) is 0 Å².